The molecule has 1 aliphatic carbocycles. The topological polar surface area (TPSA) is 225 Å². The number of carbonyl (C=O) groups excluding carboxylic acids is 3. The third kappa shape index (κ3) is 7.38. The van der Waals surface area contributed by atoms with E-state index in [-0.39, 0.29) is 29.4 Å². The summed E-state index contributed by atoms with van der Waals surface area (Å²) in [7, 11) is 9.10. The van der Waals surface area contributed by atoms with Crippen molar-refractivity contribution in [1.82, 2.24) is 9.88 Å². The fraction of sp³-hybridized carbons (Fsp3) is 0.513. The van der Waals surface area contributed by atoms with Crippen molar-refractivity contribution in [2.75, 3.05) is 62.4 Å². The molecule has 17 heteroatoms. The molecule has 2 fully saturated rings. The molecule has 3 aromatic rings. The monoisotopic (exact) mass is 784 g/mol. The van der Waals surface area contributed by atoms with Crippen molar-refractivity contribution in [2.24, 2.45) is 17.8 Å². The second-order valence-electron chi connectivity index (χ2n) is 14.0. The molecule has 1 saturated carbocycles. The fourth-order valence-electron chi connectivity index (χ4n) is 8.58. The van der Waals surface area contributed by atoms with Gasteiger partial charge in [-0.15, -0.1) is 0 Å². The minimum Gasteiger partial charge on any atom is -0.505 e. The van der Waals surface area contributed by atoms with Crippen molar-refractivity contribution in [2.45, 2.75) is 49.7 Å². The zero-order chi connectivity index (χ0) is 40.4. The number of aromatic nitrogens is 1. The van der Waals surface area contributed by atoms with Crippen LogP contribution in [0.1, 0.15) is 40.5 Å². The van der Waals surface area contributed by atoms with Gasteiger partial charge in [0.15, 0.2) is 23.4 Å². The van der Waals surface area contributed by atoms with Crippen LogP contribution in [0.2, 0.25) is 0 Å². The lowest BCUT2D eigenvalue weighted by Gasteiger charge is -2.52. The van der Waals surface area contributed by atoms with Crippen LogP contribution in [0.4, 0.5) is 0 Å². The maximum absolute atomic E-state index is 13.5. The Hall–Kier alpha value is -5.23. The molecule has 1 saturated heterocycles. The number of hydrogen-bond donors (Lipinski definition) is 5. The molecule has 0 amide bonds. The first-order valence-corrected chi connectivity index (χ1v) is 18.1. The number of aliphatic hydroxyl groups excluding tert-OH is 4. The summed E-state index contributed by atoms with van der Waals surface area (Å²) in [6, 6.07) is 9.40. The summed E-state index contributed by atoms with van der Waals surface area (Å²) in [5.41, 5.74) is 3.83. The number of benzene rings is 2. The van der Waals surface area contributed by atoms with Gasteiger partial charge in [-0.3, -0.25) is 9.69 Å². The number of aromatic amines is 1. The van der Waals surface area contributed by atoms with E-state index in [1.54, 1.807) is 26.4 Å². The number of nitrogens with one attached hydrogen (secondary N) is 1. The van der Waals surface area contributed by atoms with Crippen LogP contribution in [0.25, 0.3) is 10.9 Å². The highest BCUT2D eigenvalue weighted by molar-refractivity contribution is 5.91. The zero-order valence-corrected chi connectivity index (χ0v) is 32.0. The molecule has 7 rings (SSSR count). The quantitative estimate of drug-likeness (QED) is 0.147. The Labute approximate surface area is 322 Å². The Morgan fingerprint density at radius 3 is 2.27 bits per heavy atom. The zero-order valence-electron chi connectivity index (χ0n) is 32.0. The van der Waals surface area contributed by atoms with Gasteiger partial charge in [0.25, 0.3) is 0 Å². The normalized spacial score (nSPS) is 26.1. The first-order chi connectivity index (χ1) is 26.9. The number of hydrogen-bond acceptors (Lipinski definition) is 16. The Kier molecular flexibility index (Phi) is 12.2. The minimum absolute atomic E-state index is 0.0170. The Morgan fingerprint density at radius 2 is 1.70 bits per heavy atom. The maximum atomic E-state index is 13.5. The number of cyclic esters (lactones) is 1. The summed E-state index contributed by atoms with van der Waals surface area (Å²) in [4.78, 5) is 43.7. The van der Waals surface area contributed by atoms with E-state index in [2.05, 4.69) is 20.7 Å². The number of aliphatic hydroxyl groups is 4. The summed E-state index contributed by atoms with van der Waals surface area (Å²) in [5, 5.41) is 36.3. The highest BCUT2D eigenvalue weighted by atomic mass is 16.6. The van der Waals surface area contributed by atoms with Crippen LogP contribution in [0.3, 0.4) is 0 Å². The third-order valence-corrected chi connectivity index (χ3v) is 11.2. The Morgan fingerprint density at radius 1 is 0.982 bits per heavy atom. The molecule has 0 unspecified atom stereocenters. The van der Waals surface area contributed by atoms with Crippen molar-refractivity contribution < 1.29 is 72.7 Å². The molecule has 5 N–H and O–H groups in total. The lowest BCUT2D eigenvalue weighted by Crippen LogP contribution is -2.58. The largest absolute Gasteiger partial charge is 0.505 e. The van der Waals surface area contributed by atoms with Gasteiger partial charge in [0.05, 0.1) is 59.7 Å². The SMILES string of the molecule is COC(=O)[C@H]1[C@H]2C[C@@H]3c4[nH]c5cc(OC)ccc5c4CCN3C[C@H]2C[C@@H](OC(=O)c2cc(OC)c(OC)c(OC)c2)[C@@H]1OC.O=C1O[C@H]([C@@H](O)CO)C(O)=C1O. The average Bonchev–Trinajstić information content (AvgIpc) is 3.73. The summed E-state index contributed by atoms with van der Waals surface area (Å²) < 4.78 is 43.4. The van der Waals surface area contributed by atoms with Gasteiger partial charge in [-0.05, 0) is 60.9 Å². The maximum Gasteiger partial charge on any atom is 0.377 e. The highest BCUT2D eigenvalue weighted by Gasteiger charge is 2.54. The molecule has 304 valence electrons. The van der Waals surface area contributed by atoms with Crippen LogP contribution in [0.5, 0.6) is 23.0 Å². The molecular weight excluding hydrogens is 736 g/mol. The van der Waals surface area contributed by atoms with Crippen molar-refractivity contribution in [3.8, 4) is 23.0 Å². The van der Waals surface area contributed by atoms with Crippen LogP contribution >= 0.6 is 0 Å². The van der Waals surface area contributed by atoms with E-state index in [1.165, 1.54) is 45.1 Å². The second-order valence-corrected chi connectivity index (χ2v) is 14.0. The Bertz CT molecular complexity index is 1950. The summed E-state index contributed by atoms with van der Waals surface area (Å²) in [6.45, 7) is 1.01. The molecule has 0 spiro atoms. The number of rotatable bonds is 10. The summed E-state index contributed by atoms with van der Waals surface area (Å²) in [5.74, 6) is -2.34. The van der Waals surface area contributed by atoms with Crippen molar-refractivity contribution in [1.29, 1.82) is 0 Å². The number of esters is 3. The molecule has 56 heavy (non-hydrogen) atoms. The van der Waals surface area contributed by atoms with Gasteiger partial charge in [0.1, 0.15) is 24.1 Å². The highest BCUT2D eigenvalue weighted by Crippen LogP contribution is 2.51. The van der Waals surface area contributed by atoms with Gasteiger partial charge < -0.3 is 63.3 Å². The Balaban J connectivity index is 0.000000380. The van der Waals surface area contributed by atoms with Gasteiger partial charge in [-0.1, -0.05) is 0 Å². The number of H-pyrrole nitrogens is 1. The second kappa shape index (κ2) is 16.9. The standard InChI is InChI=1S/C33H40N2O9.C6H8O6/c1-38-19-7-8-20-21-9-10-35-16-18-13-27(44-32(36)17-11-25(39-2)30(41-4)26(12-17)40-3)31(42-5)28(33(37)43-6)22(18)15-24(35)29(21)34-23(20)14-19;7-1-2(8)5-3(9)4(10)6(11)12-5/h7-8,11-12,14,18,22,24,27-28,31,34H,9-10,13,15-16H2,1-6H3;2,5,7-10H,1H2/t18-,22+,24-,27-,28+,31+;2-,5+/m10/s1. The molecule has 0 bridgehead atoms. The van der Waals surface area contributed by atoms with Crippen LogP contribution in [-0.2, 0) is 35.0 Å². The van der Waals surface area contributed by atoms with Crippen LogP contribution < -0.4 is 18.9 Å². The third-order valence-electron chi connectivity index (χ3n) is 11.2. The van der Waals surface area contributed by atoms with Crippen LogP contribution in [0.15, 0.2) is 41.9 Å². The smallest absolute Gasteiger partial charge is 0.377 e. The van der Waals surface area contributed by atoms with Crippen molar-refractivity contribution in [3.05, 3.63) is 58.7 Å². The predicted octanol–water partition coefficient (Wildman–Crippen LogP) is 2.76. The number of ether oxygens (including phenoxy) is 8. The molecule has 2 aromatic carbocycles. The lowest BCUT2D eigenvalue weighted by molar-refractivity contribution is -0.176. The van der Waals surface area contributed by atoms with Crippen LogP contribution in [-0.4, -0.2) is 135 Å². The fourth-order valence-corrected chi connectivity index (χ4v) is 8.58. The van der Waals surface area contributed by atoms with Gasteiger partial charge in [0.2, 0.25) is 11.5 Å². The van der Waals surface area contributed by atoms with E-state index in [0.717, 1.165) is 37.2 Å². The van der Waals surface area contributed by atoms with Gasteiger partial charge in [-0.25, -0.2) is 9.59 Å². The first kappa shape index (κ1) is 40.4. The number of piperidine rings is 1. The van der Waals surface area contributed by atoms with Gasteiger partial charge in [-0.2, -0.15) is 0 Å². The van der Waals surface area contributed by atoms with Crippen LogP contribution in [0, 0.1) is 17.8 Å². The van der Waals surface area contributed by atoms with E-state index in [0.29, 0.717) is 23.7 Å². The van der Waals surface area contributed by atoms with Crippen molar-refractivity contribution in [3.63, 3.8) is 0 Å². The summed E-state index contributed by atoms with van der Waals surface area (Å²) in [6.07, 6.45) is -1.86. The van der Waals surface area contributed by atoms with Crippen molar-refractivity contribution >= 4 is 28.8 Å². The molecule has 1 aromatic heterocycles. The van der Waals surface area contributed by atoms with E-state index < -0.39 is 60.4 Å². The number of nitrogens with zero attached hydrogens (tertiary/aromatic N) is 1. The number of carbonyl (C=O) groups is 3. The van der Waals surface area contributed by atoms with E-state index in [9.17, 15) is 14.4 Å². The first-order valence-electron chi connectivity index (χ1n) is 18.1. The van der Waals surface area contributed by atoms with E-state index in [1.807, 2.05) is 12.1 Å². The predicted molar refractivity (Wildman–Crippen MR) is 196 cm³/mol. The summed E-state index contributed by atoms with van der Waals surface area (Å²) >= 11 is 0. The van der Waals surface area contributed by atoms with Gasteiger partial charge in [0, 0.05) is 42.9 Å². The lowest BCUT2D eigenvalue weighted by atomic mass is 9.63. The van der Waals surface area contributed by atoms with E-state index in [4.69, 9.17) is 53.6 Å². The molecule has 17 nitrogen and oxygen atoms in total. The molecule has 0 radical (unpaired) electrons. The molecule has 8 atom stereocenters. The van der Waals surface area contributed by atoms with Gasteiger partial charge >= 0.3 is 17.9 Å². The average molecular weight is 785 g/mol. The molecule has 4 aliphatic rings. The molecular formula is C39H48N2O15. The molecule has 3 aliphatic heterocycles. The number of methoxy groups -OCH3 is 6. The minimum atomic E-state index is -1.42. The molecule has 4 heterocycles. The van der Waals surface area contributed by atoms with E-state index >= 15 is 0 Å². The number of fused-ring (bicyclic) bond motifs is 6.